The predicted molar refractivity (Wildman–Crippen MR) is 81.5 cm³/mol. The van der Waals surface area contributed by atoms with Crippen molar-refractivity contribution in [1.82, 2.24) is 4.90 Å². The van der Waals surface area contributed by atoms with Crippen molar-refractivity contribution < 1.29 is 13.2 Å². The first-order valence-corrected chi connectivity index (χ1v) is 8.19. The van der Waals surface area contributed by atoms with Gasteiger partial charge in [-0.3, -0.25) is 4.90 Å². The average molecular weight is 416 g/mol. The predicted octanol–water partition coefficient (Wildman–Crippen LogP) is 4.03. The first-order chi connectivity index (χ1) is 9.39. The zero-order valence-electron chi connectivity index (χ0n) is 10.8. The third-order valence-electron chi connectivity index (χ3n) is 3.32. The highest BCUT2D eigenvalue weighted by atomic mass is 79.9. The highest BCUT2D eigenvalue weighted by Gasteiger charge is 2.32. The summed E-state index contributed by atoms with van der Waals surface area (Å²) in [5, 5.41) is 0.771. The molecule has 0 saturated carbocycles. The Morgan fingerprint density at radius 3 is 2.25 bits per heavy atom. The van der Waals surface area contributed by atoms with Crippen molar-refractivity contribution in [3.8, 4) is 0 Å². The second-order valence-electron chi connectivity index (χ2n) is 4.79. The fourth-order valence-electron chi connectivity index (χ4n) is 2.26. The van der Waals surface area contributed by atoms with E-state index in [-0.39, 0.29) is 0 Å². The lowest BCUT2D eigenvalue weighted by Crippen LogP contribution is -2.49. The molecule has 1 aromatic carbocycles. The summed E-state index contributed by atoms with van der Waals surface area (Å²) < 4.78 is 38.0. The lowest BCUT2D eigenvalue weighted by atomic mass is 10.2. The van der Waals surface area contributed by atoms with Gasteiger partial charge in [0.25, 0.3) is 0 Å². The maximum Gasteiger partial charge on any atom is 0.401 e. The summed E-state index contributed by atoms with van der Waals surface area (Å²) in [4.78, 5) is 3.58. The smallest absolute Gasteiger partial charge is 0.369 e. The molecular formula is C13H15Br2F3N2. The zero-order chi connectivity index (χ0) is 14.8. The number of hydrogen-bond donors (Lipinski definition) is 0. The molecule has 20 heavy (non-hydrogen) atoms. The fraction of sp³-hybridized carbons (Fsp3) is 0.538. The lowest BCUT2D eigenvalue weighted by molar-refractivity contribution is -0.146. The van der Waals surface area contributed by atoms with Gasteiger partial charge in [-0.2, -0.15) is 13.2 Å². The van der Waals surface area contributed by atoms with E-state index in [0.29, 0.717) is 26.2 Å². The van der Waals surface area contributed by atoms with E-state index in [9.17, 15) is 13.2 Å². The van der Waals surface area contributed by atoms with E-state index in [4.69, 9.17) is 0 Å². The van der Waals surface area contributed by atoms with Gasteiger partial charge in [0, 0.05) is 41.7 Å². The Bertz CT molecular complexity index is 457. The Morgan fingerprint density at radius 1 is 1.10 bits per heavy atom. The molecule has 0 N–H and O–H groups in total. The molecule has 0 amide bonds. The zero-order valence-corrected chi connectivity index (χ0v) is 13.9. The summed E-state index contributed by atoms with van der Waals surface area (Å²) in [6.45, 7) is 1.31. The number of halogens is 5. The molecular weight excluding hydrogens is 401 g/mol. The molecule has 2 rings (SSSR count). The van der Waals surface area contributed by atoms with Crippen LogP contribution in [-0.2, 0) is 5.33 Å². The average Bonchev–Trinajstić information content (AvgIpc) is 2.37. The molecule has 0 atom stereocenters. The maximum absolute atomic E-state index is 12.3. The van der Waals surface area contributed by atoms with Gasteiger partial charge in [0.1, 0.15) is 0 Å². The molecule has 2 nitrogen and oxygen atoms in total. The molecule has 0 unspecified atom stereocenters. The Hall–Kier alpha value is -0.270. The van der Waals surface area contributed by atoms with Crippen LogP contribution in [0.5, 0.6) is 0 Å². The van der Waals surface area contributed by atoms with Crippen LogP contribution in [-0.4, -0.2) is 43.8 Å². The number of piperazine rings is 1. The van der Waals surface area contributed by atoms with Gasteiger partial charge in [0.15, 0.2) is 0 Å². The normalized spacial score (nSPS) is 17.6. The highest BCUT2D eigenvalue weighted by molar-refractivity contribution is 9.10. The number of anilines is 1. The molecule has 1 aromatic rings. The van der Waals surface area contributed by atoms with Gasteiger partial charge in [-0.05, 0) is 17.7 Å². The molecule has 1 fully saturated rings. The third-order valence-corrected chi connectivity index (χ3v) is 4.66. The monoisotopic (exact) mass is 414 g/mol. The van der Waals surface area contributed by atoms with Gasteiger partial charge in [-0.25, -0.2) is 0 Å². The van der Waals surface area contributed by atoms with Crippen LogP contribution in [0.25, 0.3) is 0 Å². The van der Waals surface area contributed by atoms with Crippen molar-refractivity contribution in [2.24, 2.45) is 0 Å². The Balaban J connectivity index is 1.95. The van der Waals surface area contributed by atoms with Crippen molar-refractivity contribution >= 4 is 37.5 Å². The van der Waals surface area contributed by atoms with Gasteiger partial charge in [-0.1, -0.05) is 37.9 Å². The molecule has 0 aromatic heterocycles. The second kappa shape index (κ2) is 6.66. The summed E-state index contributed by atoms with van der Waals surface area (Å²) in [6.07, 6.45) is -4.11. The van der Waals surface area contributed by atoms with Crippen LogP contribution in [0.15, 0.2) is 22.7 Å². The van der Waals surface area contributed by atoms with Crippen LogP contribution < -0.4 is 4.90 Å². The summed E-state index contributed by atoms with van der Waals surface area (Å²) in [7, 11) is 0. The standard InChI is InChI=1S/C13H15Br2F3N2/c14-8-10-1-2-11(7-12(10)15)20-5-3-19(4-6-20)9-13(16,17)18/h1-2,7H,3-6,8-9H2. The van der Waals surface area contributed by atoms with Gasteiger partial charge < -0.3 is 4.90 Å². The summed E-state index contributed by atoms with van der Waals surface area (Å²) in [6, 6.07) is 6.06. The van der Waals surface area contributed by atoms with Gasteiger partial charge in [-0.15, -0.1) is 0 Å². The van der Waals surface area contributed by atoms with E-state index in [0.717, 1.165) is 21.1 Å². The molecule has 0 aliphatic carbocycles. The minimum absolute atomic E-state index is 0.442. The first-order valence-electron chi connectivity index (χ1n) is 6.27. The number of rotatable bonds is 3. The third kappa shape index (κ3) is 4.36. The van der Waals surface area contributed by atoms with Crippen LogP contribution in [0.3, 0.4) is 0 Å². The minimum atomic E-state index is -4.11. The SMILES string of the molecule is FC(F)(F)CN1CCN(c2ccc(CBr)c(Br)c2)CC1. The molecule has 0 spiro atoms. The van der Waals surface area contributed by atoms with E-state index < -0.39 is 12.7 Å². The molecule has 7 heteroatoms. The summed E-state index contributed by atoms with van der Waals surface area (Å²) in [5.41, 5.74) is 2.21. The van der Waals surface area contributed by atoms with Crippen LogP contribution in [0, 0.1) is 0 Å². The molecule has 0 radical (unpaired) electrons. The topological polar surface area (TPSA) is 6.48 Å². The minimum Gasteiger partial charge on any atom is -0.369 e. The van der Waals surface area contributed by atoms with Crippen molar-refractivity contribution in [2.45, 2.75) is 11.5 Å². The van der Waals surface area contributed by atoms with Crippen LogP contribution in [0.4, 0.5) is 18.9 Å². The molecule has 1 heterocycles. The van der Waals surface area contributed by atoms with Gasteiger partial charge >= 0.3 is 6.18 Å². The molecule has 1 saturated heterocycles. The van der Waals surface area contributed by atoms with Crippen LogP contribution in [0.1, 0.15) is 5.56 Å². The van der Waals surface area contributed by atoms with E-state index in [2.05, 4.69) is 36.8 Å². The number of alkyl halides is 4. The summed E-state index contributed by atoms with van der Waals surface area (Å²) >= 11 is 6.92. The molecule has 112 valence electrons. The van der Waals surface area contributed by atoms with E-state index in [1.807, 2.05) is 18.2 Å². The number of benzene rings is 1. The quantitative estimate of drug-likeness (QED) is 0.687. The molecule has 0 bridgehead atoms. The van der Waals surface area contributed by atoms with Gasteiger partial charge in [0.2, 0.25) is 0 Å². The largest absolute Gasteiger partial charge is 0.401 e. The number of hydrogen-bond acceptors (Lipinski definition) is 2. The second-order valence-corrected chi connectivity index (χ2v) is 6.20. The van der Waals surface area contributed by atoms with Crippen molar-refractivity contribution in [3.63, 3.8) is 0 Å². The maximum atomic E-state index is 12.3. The molecule has 1 aliphatic heterocycles. The first kappa shape index (κ1) is 16.1. The van der Waals surface area contributed by atoms with Crippen LogP contribution >= 0.6 is 31.9 Å². The van der Waals surface area contributed by atoms with E-state index in [1.54, 1.807) is 0 Å². The highest BCUT2D eigenvalue weighted by Crippen LogP contribution is 2.27. The van der Waals surface area contributed by atoms with E-state index in [1.165, 1.54) is 4.90 Å². The van der Waals surface area contributed by atoms with E-state index >= 15 is 0 Å². The summed E-state index contributed by atoms with van der Waals surface area (Å²) in [5.74, 6) is 0. The van der Waals surface area contributed by atoms with Crippen molar-refractivity contribution in [1.29, 1.82) is 0 Å². The number of nitrogens with zero attached hydrogens (tertiary/aromatic N) is 2. The van der Waals surface area contributed by atoms with Crippen LogP contribution in [0.2, 0.25) is 0 Å². The molecule has 1 aliphatic rings. The lowest BCUT2D eigenvalue weighted by Gasteiger charge is -2.36. The van der Waals surface area contributed by atoms with Crippen molar-refractivity contribution in [2.75, 3.05) is 37.6 Å². The van der Waals surface area contributed by atoms with Crippen molar-refractivity contribution in [3.05, 3.63) is 28.2 Å². The Labute approximate surface area is 133 Å². The fourth-order valence-corrected chi connectivity index (χ4v) is 3.63. The Kier molecular flexibility index (Phi) is 5.36. The Morgan fingerprint density at radius 2 is 1.75 bits per heavy atom. The van der Waals surface area contributed by atoms with Gasteiger partial charge in [0.05, 0.1) is 6.54 Å².